The van der Waals surface area contributed by atoms with Crippen LogP contribution in [0.3, 0.4) is 0 Å². The van der Waals surface area contributed by atoms with E-state index in [9.17, 15) is 27.6 Å². The predicted octanol–water partition coefficient (Wildman–Crippen LogP) is 1.82. The first-order valence-electron chi connectivity index (χ1n) is 9.46. The number of hydrogen-bond acceptors (Lipinski definition) is 4. The van der Waals surface area contributed by atoms with Crippen LogP contribution in [0.25, 0.3) is 0 Å². The van der Waals surface area contributed by atoms with Crippen molar-refractivity contribution in [3.63, 3.8) is 0 Å². The molecule has 2 aromatic heterocycles. The summed E-state index contributed by atoms with van der Waals surface area (Å²) in [5.74, 6) is -0.812. The molecule has 0 atom stereocenters. The molecule has 1 saturated heterocycles. The Morgan fingerprint density at radius 2 is 1.90 bits per heavy atom. The van der Waals surface area contributed by atoms with Crippen LogP contribution < -0.4 is 10.9 Å². The Bertz CT molecular complexity index is 952. The molecule has 1 N–H and O–H groups in total. The third-order valence-electron chi connectivity index (χ3n) is 5.02. The first kappa shape index (κ1) is 21.5. The Kier molecular flexibility index (Phi) is 6.53. The topological polar surface area (TPSA) is 84.3 Å². The Balaban J connectivity index is 1.52. The number of nitrogens with zero attached hydrogens (tertiary/aromatic N) is 3. The average molecular weight is 422 g/mol. The van der Waals surface area contributed by atoms with Gasteiger partial charge in [-0.2, -0.15) is 13.2 Å². The quantitative estimate of drug-likeness (QED) is 0.797. The molecular weight excluding hydrogens is 401 g/mol. The van der Waals surface area contributed by atoms with Gasteiger partial charge in [-0.15, -0.1) is 0 Å². The number of amides is 2. The van der Waals surface area contributed by atoms with Gasteiger partial charge in [-0.25, -0.2) is 0 Å². The Hall–Kier alpha value is -3.17. The first-order valence-corrected chi connectivity index (χ1v) is 9.46. The van der Waals surface area contributed by atoms with Crippen LogP contribution in [0.4, 0.5) is 13.2 Å². The third-order valence-corrected chi connectivity index (χ3v) is 5.02. The highest BCUT2D eigenvalue weighted by Crippen LogP contribution is 2.28. The van der Waals surface area contributed by atoms with Gasteiger partial charge in [0, 0.05) is 50.2 Å². The summed E-state index contributed by atoms with van der Waals surface area (Å²) in [7, 11) is 0. The number of likely N-dealkylation sites (tertiary alicyclic amines) is 1. The molecule has 0 unspecified atom stereocenters. The molecule has 0 bridgehead atoms. The lowest BCUT2D eigenvalue weighted by Crippen LogP contribution is -2.44. The van der Waals surface area contributed by atoms with Crippen LogP contribution in [0.15, 0.2) is 47.7 Å². The number of carbonyl (C=O) groups excluding carboxylic acids is 2. The highest BCUT2D eigenvalue weighted by molar-refractivity contribution is 5.80. The summed E-state index contributed by atoms with van der Waals surface area (Å²) in [6, 6.07) is 5.12. The van der Waals surface area contributed by atoms with Crippen LogP contribution in [0.1, 0.15) is 24.0 Å². The second kappa shape index (κ2) is 9.10. The second-order valence-electron chi connectivity index (χ2n) is 7.12. The van der Waals surface area contributed by atoms with Crippen molar-refractivity contribution in [1.29, 1.82) is 0 Å². The minimum absolute atomic E-state index is 0.111. The van der Waals surface area contributed by atoms with Crippen LogP contribution in [0.5, 0.6) is 0 Å². The van der Waals surface area contributed by atoms with E-state index < -0.39 is 29.8 Å². The van der Waals surface area contributed by atoms with Gasteiger partial charge in [0.1, 0.15) is 6.54 Å². The number of carbonyl (C=O) groups is 2. The zero-order chi connectivity index (χ0) is 21.7. The van der Waals surface area contributed by atoms with Crippen LogP contribution in [-0.4, -0.2) is 39.4 Å². The molecular formula is C20H21F3N4O3. The molecule has 0 aliphatic carbocycles. The minimum Gasteiger partial charge on any atom is -0.352 e. The highest BCUT2D eigenvalue weighted by atomic mass is 19.4. The molecule has 0 aromatic carbocycles. The Labute approximate surface area is 170 Å². The number of aromatic nitrogens is 2. The van der Waals surface area contributed by atoms with Crippen molar-refractivity contribution < 1.29 is 22.8 Å². The van der Waals surface area contributed by atoms with Gasteiger partial charge in [0.2, 0.25) is 11.8 Å². The van der Waals surface area contributed by atoms with Crippen LogP contribution in [0.2, 0.25) is 0 Å². The highest BCUT2D eigenvalue weighted by Gasteiger charge is 2.32. The largest absolute Gasteiger partial charge is 0.417 e. The molecule has 1 fully saturated rings. The van der Waals surface area contributed by atoms with Crippen molar-refractivity contribution in [2.24, 2.45) is 5.92 Å². The summed E-state index contributed by atoms with van der Waals surface area (Å²) in [6.45, 7) is 0.500. The lowest BCUT2D eigenvalue weighted by molar-refractivity contribution is -0.139. The standard InChI is InChI=1S/C20H21F3N4O3/c21-20(22,23)16-3-4-17(28)27(12-16)13-18(29)26-8-5-15(6-9-26)19(30)25-11-14-2-1-7-24-10-14/h1-4,7,10,12,15H,5-6,8-9,11,13H2,(H,25,30). The van der Waals surface area contributed by atoms with Crippen molar-refractivity contribution >= 4 is 11.8 Å². The van der Waals surface area contributed by atoms with Gasteiger partial charge in [0.25, 0.3) is 5.56 Å². The zero-order valence-electron chi connectivity index (χ0n) is 16.1. The van der Waals surface area contributed by atoms with Gasteiger partial charge in [0.05, 0.1) is 5.56 Å². The van der Waals surface area contributed by atoms with Crippen molar-refractivity contribution in [3.05, 3.63) is 64.3 Å². The number of halogens is 3. The van der Waals surface area contributed by atoms with Gasteiger partial charge >= 0.3 is 6.18 Å². The molecule has 0 saturated carbocycles. The SMILES string of the molecule is O=C(NCc1cccnc1)C1CCN(C(=O)Cn2cc(C(F)(F)F)ccc2=O)CC1. The van der Waals surface area contributed by atoms with Crippen molar-refractivity contribution in [2.75, 3.05) is 13.1 Å². The first-order chi connectivity index (χ1) is 14.2. The fraction of sp³-hybridized carbons (Fsp3) is 0.400. The van der Waals surface area contributed by atoms with E-state index in [0.29, 0.717) is 44.7 Å². The molecule has 30 heavy (non-hydrogen) atoms. The maximum atomic E-state index is 12.8. The van der Waals surface area contributed by atoms with E-state index in [1.165, 1.54) is 4.90 Å². The van der Waals surface area contributed by atoms with E-state index in [0.717, 1.165) is 16.2 Å². The van der Waals surface area contributed by atoms with Crippen LogP contribution in [0, 0.1) is 5.92 Å². The third kappa shape index (κ3) is 5.46. The molecule has 3 rings (SSSR count). The van der Waals surface area contributed by atoms with E-state index in [1.54, 1.807) is 18.5 Å². The van der Waals surface area contributed by atoms with E-state index in [1.807, 2.05) is 6.07 Å². The summed E-state index contributed by atoms with van der Waals surface area (Å²) < 4.78 is 39.3. The Morgan fingerprint density at radius 1 is 1.17 bits per heavy atom. The number of hydrogen-bond donors (Lipinski definition) is 1. The smallest absolute Gasteiger partial charge is 0.352 e. The number of alkyl halides is 3. The summed E-state index contributed by atoms with van der Waals surface area (Å²) in [4.78, 5) is 42.0. The van der Waals surface area contributed by atoms with Gasteiger partial charge in [-0.1, -0.05) is 6.07 Å². The van der Waals surface area contributed by atoms with E-state index in [2.05, 4.69) is 10.3 Å². The predicted molar refractivity (Wildman–Crippen MR) is 101 cm³/mol. The summed E-state index contributed by atoms with van der Waals surface area (Å²) in [5, 5.41) is 2.85. The van der Waals surface area contributed by atoms with Crippen LogP contribution >= 0.6 is 0 Å². The number of rotatable bonds is 5. The molecule has 7 nitrogen and oxygen atoms in total. The second-order valence-corrected chi connectivity index (χ2v) is 7.12. The molecule has 160 valence electrons. The summed E-state index contributed by atoms with van der Waals surface area (Å²) in [6.07, 6.45) is 0.256. The van der Waals surface area contributed by atoms with Crippen molar-refractivity contribution in [3.8, 4) is 0 Å². The maximum absolute atomic E-state index is 12.8. The average Bonchev–Trinajstić information content (AvgIpc) is 2.73. The molecule has 3 heterocycles. The molecule has 2 aromatic rings. The van der Waals surface area contributed by atoms with Crippen molar-refractivity contribution in [2.45, 2.75) is 32.1 Å². The van der Waals surface area contributed by atoms with Gasteiger partial charge < -0.3 is 14.8 Å². The van der Waals surface area contributed by atoms with Gasteiger partial charge in [-0.3, -0.25) is 19.4 Å². The maximum Gasteiger partial charge on any atom is 0.417 e. The van der Waals surface area contributed by atoms with E-state index >= 15 is 0 Å². The molecule has 1 aliphatic rings. The van der Waals surface area contributed by atoms with E-state index in [4.69, 9.17) is 0 Å². The zero-order valence-corrected chi connectivity index (χ0v) is 16.1. The molecule has 1 aliphatic heterocycles. The molecule has 2 amide bonds. The Morgan fingerprint density at radius 3 is 2.53 bits per heavy atom. The lowest BCUT2D eigenvalue weighted by atomic mass is 9.95. The lowest BCUT2D eigenvalue weighted by Gasteiger charge is -2.31. The number of nitrogens with one attached hydrogen (secondary N) is 1. The molecule has 10 heteroatoms. The summed E-state index contributed by atoms with van der Waals surface area (Å²) in [5.41, 5.74) is -0.787. The van der Waals surface area contributed by atoms with Crippen molar-refractivity contribution in [1.82, 2.24) is 19.8 Å². The monoisotopic (exact) mass is 422 g/mol. The minimum atomic E-state index is -4.60. The van der Waals surface area contributed by atoms with Gasteiger partial charge in [-0.05, 0) is 30.5 Å². The van der Waals surface area contributed by atoms with Crippen LogP contribution in [-0.2, 0) is 28.9 Å². The normalized spacial score (nSPS) is 15.1. The number of piperidine rings is 1. The van der Waals surface area contributed by atoms with Gasteiger partial charge in [0.15, 0.2) is 0 Å². The molecule has 0 spiro atoms. The number of pyridine rings is 2. The fourth-order valence-electron chi connectivity index (χ4n) is 3.30. The summed E-state index contributed by atoms with van der Waals surface area (Å²) >= 11 is 0. The fourth-order valence-corrected chi connectivity index (χ4v) is 3.30. The molecule has 0 radical (unpaired) electrons. The van der Waals surface area contributed by atoms with E-state index in [-0.39, 0.29) is 11.8 Å².